The molecule has 2 aliphatic rings. The maximum absolute atomic E-state index is 6.02. The van der Waals surface area contributed by atoms with Crippen LogP contribution in [0.25, 0.3) is 0 Å². The van der Waals surface area contributed by atoms with E-state index in [4.69, 9.17) is 16.3 Å². The molecule has 0 saturated carbocycles. The number of ether oxygens (including phenoxy) is 1. The summed E-state index contributed by atoms with van der Waals surface area (Å²) in [6, 6.07) is 0.596. The predicted octanol–water partition coefficient (Wildman–Crippen LogP) is 2.65. The Bertz CT molecular complexity index is 220. The van der Waals surface area contributed by atoms with Crippen molar-refractivity contribution in [3.8, 4) is 0 Å². The molecule has 0 spiro atoms. The van der Waals surface area contributed by atoms with E-state index < -0.39 is 0 Å². The van der Waals surface area contributed by atoms with Crippen LogP contribution in [0.1, 0.15) is 39.5 Å². The molecule has 0 aromatic heterocycles. The standard InChI is InChI=1S/C12H22ClNO/c1-12(2)6-5-11(15-12)9-14-7-3-4-10(14)8-13/h10-11H,3-9H2,1-2H3/t10-,11?/m1/s1. The summed E-state index contributed by atoms with van der Waals surface area (Å²) in [5, 5.41) is 0. The van der Waals surface area contributed by atoms with Gasteiger partial charge in [-0.05, 0) is 46.1 Å². The first kappa shape index (κ1) is 11.7. The van der Waals surface area contributed by atoms with Gasteiger partial charge in [0.15, 0.2) is 0 Å². The number of nitrogens with zero attached hydrogens (tertiary/aromatic N) is 1. The Kier molecular flexibility index (Phi) is 3.59. The van der Waals surface area contributed by atoms with E-state index in [0.29, 0.717) is 12.1 Å². The van der Waals surface area contributed by atoms with E-state index in [0.717, 1.165) is 12.4 Å². The van der Waals surface area contributed by atoms with Crippen LogP contribution in [0.4, 0.5) is 0 Å². The zero-order valence-electron chi connectivity index (χ0n) is 9.84. The van der Waals surface area contributed by atoms with Gasteiger partial charge in [-0.2, -0.15) is 0 Å². The number of alkyl halides is 1. The normalized spacial score (nSPS) is 36.2. The molecule has 2 atom stereocenters. The Morgan fingerprint density at radius 1 is 1.40 bits per heavy atom. The van der Waals surface area contributed by atoms with Gasteiger partial charge in [-0.3, -0.25) is 4.90 Å². The summed E-state index contributed by atoms with van der Waals surface area (Å²) in [6.07, 6.45) is 5.40. The van der Waals surface area contributed by atoms with Crippen molar-refractivity contribution in [2.24, 2.45) is 0 Å². The van der Waals surface area contributed by atoms with Gasteiger partial charge >= 0.3 is 0 Å². The highest BCUT2D eigenvalue weighted by molar-refractivity contribution is 6.18. The zero-order valence-corrected chi connectivity index (χ0v) is 10.6. The lowest BCUT2D eigenvalue weighted by molar-refractivity contribution is -0.0292. The van der Waals surface area contributed by atoms with E-state index in [1.807, 2.05) is 0 Å². The third-order valence-electron chi connectivity index (χ3n) is 3.67. The average Bonchev–Trinajstić information content (AvgIpc) is 2.73. The van der Waals surface area contributed by atoms with Crippen molar-refractivity contribution in [2.45, 2.75) is 57.3 Å². The summed E-state index contributed by atoms with van der Waals surface area (Å²) in [5.74, 6) is 0.774. The summed E-state index contributed by atoms with van der Waals surface area (Å²) in [4.78, 5) is 2.51. The molecule has 2 nitrogen and oxygen atoms in total. The second kappa shape index (κ2) is 4.60. The topological polar surface area (TPSA) is 12.5 Å². The lowest BCUT2D eigenvalue weighted by Crippen LogP contribution is -2.37. The Morgan fingerprint density at radius 3 is 2.80 bits per heavy atom. The molecule has 1 unspecified atom stereocenters. The molecule has 3 heteroatoms. The van der Waals surface area contributed by atoms with Gasteiger partial charge in [0, 0.05) is 18.5 Å². The molecule has 0 amide bonds. The van der Waals surface area contributed by atoms with Crippen molar-refractivity contribution >= 4 is 11.6 Å². The summed E-state index contributed by atoms with van der Waals surface area (Å²) < 4.78 is 6.02. The smallest absolute Gasteiger partial charge is 0.0710 e. The molecular formula is C12H22ClNO. The third kappa shape index (κ3) is 2.86. The van der Waals surface area contributed by atoms with Crippen molar-refractivity contribution in [3.63, 3.8) is 0 Å². The quantitative estimate of drug-likeness (QED) is 0.693. The van der Waals surface area contributed by atoms with E-state index >= 15 is 0 Å². The SMILES string of the molecule is CC1(C)CCC(CN2CCC[C@@H]2CCl)O1. The molecule has 0 aromatic carbocycles. The second-order valence-electron chi connectivity index (χ2n) is 5.48. The van der Waals surface area contributed by atoms with Crippen LogP contribution in [0.3, 0.4) is 0 Å². The number of rotatable bonds is 3. The fraction of sp³-hybridized carbons (Fsp3) is 1.00. The Morgan fingerprint density at radius 2 is 2.20 bits per heavy atom. The number of hydrogen-bond acceptors (Lipinski definition) is 2. The molecule has 2 heterocycles. The molecule has 2 rings (SSSR count). The van der Waals surface area contributed by atoms with E-state index in [-0.39, 0.29) is 5.60 Å². The first-order valence-corrected chi connectivity index (χ1v) is 6.62. The van der Waals surface area contributed by atoms with Gasteiger partial charge in [-0.15, -0.1) is 11.6 Å². The van der Waals surface area contributed by atoms with Crippen molar-refractivity contribution in [3.05, 3.63) is 0 Å². The Hall–Kier alpha value is 0.210. The maximum Gasteiger partial charge on any atom is 0.0710 e. The minimum absolute atomic E-state index is 0.0981. The molecule has 0 aromatic rings. The first-order chi connectivity index (χ1) is 7.11. The van der Waals surface area contributed by atoms with Crippen LogP contribution in [0.5, 0.6) is 0 Å². The van der Waals surface area contributed by atoms with Gasteiger partial charge in [-0.25, -0.2) is 0 Å². The lowest BCUT2D eigenvalue weighted by Gasteiger charge is -2.27. The van der Waals surface area contributed by atoms with Crippen molar-refractivity contribution < 1.29 is 4.74 Å². The summed E-state index contributed by atoms with van der Waals surface area (Å²) in [5.41, 5.74) is 0.0981. The van der Waals surface area contributed by atoms with Crippen LogP contribution in [-0.2, 0) is 4.74 Å². The molecule has 0 N–H and O–H groups in total. The van der Waals surface area contributed by atoms with Crippen LogP contribution >= 0.6 is 11.6 Å². The van der Waals surface area contributed by atoms with Gasteiger partial charge in [0.25, 0.3) is 0 Å². The number of halogens is 1. The maximum atomic E-state index is 6.02. The summed E-state index contributed by atoms with van der Waals surface area (Å²) in [7, 11) is 0. The Balaban J connectivity index is 1.82. The molecule has 0 aliphatic carbocycles. The van der Waals surface area contributed by atoms with Crippen LogP contribution in [-0.4, -0.2) is 41.6 Å². The van der Waals surface area contributed by atoms with Crippen molar-refractivity contribution in [1.29, 1.82) is 0 Å². The van der Waals surface area contributed by atoms with Gasteiger partial charge in [-0.1, -0.05) is 0 Å². The van der Waals surface area contributed by atoms with Gasteiger partial charge in [0.2, 0.25) is 0 Å². The van der Waals surface area contributed by atoms with Crippen molar-refractivity contribution in [1.82, 2.24) is 4.90 Å². The fourth-order valence-corrected chi connectivity index (χ4v) is 3.13. The average molecular weight is 232 g/mol. The molecule has 0 bridgehead atoms. The van der Waals surface area contributed by atoms with Crippen LogP contribution in [0.15, 0.2) is 0 Å². The first-order valence-electron chi connectivity index (χ1n) is 6.08. The van der Waals surface area contributed by atoms with E-state index in [1.54, 1.807) is 0 Å². The van der Waals surface area contributed by atoms with Gasteiger partial charge in [0.1, 0.15) is 0 Å². The van der Waals surface area contributed by atoms with E-state index in [9.17, 15) is 0 Å². The molecule has 2 saturated heterocycles. The second-order valence-corrected chi connectivity index (χ2v) is 5.79. The predicted molar refractivity (Wildman–Crippen MR) is 63.5 cm³/mol. The molecule has 0 radical (unpaired) electrons. The van der Waals surface area contributed by atoms with E-state index in [2.05, 4.69) is 18.7 Å². The monoisotopic (exact) mass is 231 g/mol. The minimum Gasteiger partial charge on any atom is -0.371 e. The van der Waals surface area contributed by atoms with Crippen LogP contribution in [0, 0.1) is 0 Å². The number of hydrogen-bond donors (Lipinski definition) is 0. The lowest BCUT2D eigenvalue weighted by atomic mass is 10.1. The molecule has 2 fully saturated rings. The third-order valence-corrected chi connectivity index (χ3v) is 4.03. The van der Waals surface area contributed by atoms with Gasteiger partial charge < -0.3 is 4.74 Å². The minimum atomic E-state index is 0.0981. The highest BCUT2D eigenvalue weighted by Gasteiger charge is 2.34. The summed E-state index contributed by atoms with van der Waals surface area (Å²) in [6.45, 7) is 6.67. The van der Waals surface area contributed by atoms with Crippen LogP contribution in [0.2, 0.25) is 0 Å². The molecule has 2 aliphatic heterocycles. The summed E-state index contributed by atoms with van der Waals surface area (Å²) >= 11 is 5.96. The Labute approximate surface area is 97.9 Å². The van der Waals surface area contributed by atoms with E-state index in [1.165, 1.54) is 32.2 Å². The van der Waals surface area contributed by atoms with Crippen molar-refractivity contribution in [2.75, 3.05) is 19.0 Å². The fourth-order valence-electron chi connectivity index (χ4n) is 2.78. The highest BCUT2D eigenvalue weighted by atomic mass is 35.5. The van der Waals surface area contributed by atoms with Crippen LogP contribution < -0.4 is 0 Å². The largest absolute Gasteiger partial charge is 0.371 e. The highest BCUT2D eigenvalue weighted by Crippen LogP contribution is 2.31. The zero-order chi connectivity index (χ0) is 10.9. The molecular weight excluding hydrogens is 210 g/mol. The molecule has 15 heavy (non-hydrogen) atoms. The van der Waals surface area contributed by atoms with Gasteiger partial charge in [0.05, 0.1) is 11.7 Å². The molecule has 88 valence electrons. The number of likely N-dealkylation sites (tertiary alicyclic amines) is 1.